The molecule has 0 bridgehead atoms. The number of rotatable bonds is 2. The van der Waals surface area contributed by atoms with Gasteiger partial charge in [0.25, 0.3) is 0 Å². The second-order valence-electron chi connectivity index (χ2n) is 3.16. The molecule has 0 radical (unpaired) electrons. The summed E-state index contributed by atoms with van der Waals surface area (Å²) in [6, 6.07) is 6.95. The number of anilines is 1. The van der Waals surface area contributed by atoms with Crippen LogP contribution in [-0.2, 0) is 0 Å². The number of nitrogens with two attached hydrogens (primary N) is 1. The summed E-state index contributed by atoms with van der Waals surface area (Å²) in [4.78, 5) is 8.24. The monoisotopic (exact) mass is 235 g/mol. The first-order chi connectivity index (χ1) is 7.70. The molecule has 0 saturated carbocycles. The minimum absolute atomic E-state index is 0.403. The second-order valence-corrected chi connectivity index (χ2v) is 3.55. The smallest absolute Gasteiger partial charge is 0.212 e. The predicted molar refractivity (Wildman–Crippen MR) is 63.4 cm³/mol. The Morgan fingerprint density at radius 2 is 2.06 bits per heavy atom. The van der Waals surface area contributed by atoms with Gasteiger partial charge in [0.05, 0.1) is 18.5 Å². The van der Waals surface area contributed by atoms with Crippen LogP contribution in [0.2, 0.25) is 5.15 Å². The first-order valence-electron chi connectivity index (χ1n) is 4.63. The Bertz CT molecular complexity index is 499. The molecule has 2 aromatic rings. The Hall–Kier alpha value is -1.81. The molecule has 0 aliphatic carbocycles. The van der Waals surface area contributed by atoms with Crippen LogP contribution in [0, 0.1) is 0 Å². The van der Waals surface area contributed by atoms with Gasteiger partial charge in [0, 0.05) is 17.8 Å². The van der Waals surface area contributed by atoms with E-state index in [-0.39, 0.29) is 0 Å². The highest BCUT2D eigenvalue weighted by molar-refractivity contribution is 6.29. The van der Waals surface area contributed by atoms with E-state index in [0.717, 1.165) is 5.56 Å². The third-order valence-corrected chi connectivity index (χ3v) is 2.32. The minimum Gasteiger partial charge on any atom is -0.481 e. The van der Waals surface area contributed by atoms with Crippen LogP contribution in [0.3, 0.4) is 0 Å². The molecule has 0 fully saturated rings. The van der Waals surface area contributed by atoms with Crippen molar-refractivity contribution in [2.75, 3.05) is 12.8 Å². The number of aromatic nitrogens is 2. The average Bonchev–Trinajstić information content (AvgIpc) is 2.32. The van der Waals surface area contributed by atoms with E-state index in [4.69, 9.17) is 22.1 Å². The molecule has 2 N–H and O–H groups in total. The maximum absolute atomic E-state index is 5.81. The van der Waals surface area contributed by atoms with Gasteiger partial charge in [-0.3, -0.25) is 0 Å². The number of hydrogen-bond donors (Lipinski definition) is 1. The molecular weight excluding hydrogens is 226 g/mol. The number of nitrogen functional groups attached to an aromatic ring is 1. The molecule has 2 aromatic heterocycles. The molecule has 0 spiro atoms. The first-order valence-corrected chi connectivity index (χ1v) is 5.01. The lowest BCUT2D eigenvalue weighted by Gasteiger charge is -2.05. The molecule has 82 valence electrons. The van der Waals surface area contributed by atoms with E-state index in [1.165, 1.54) is 0 Å². The lowest BCUT2D eigenvalue weighted by Crippen LogP contribution is -1.94. The Balaban J connectivity index is 2.45. The van der Waals surface area contributed by atoms with Crippen molar-refractivity contribution in [3.8, 4) is 17.1 Å². The summed E-state index contributed by atoms with van der Waals surface area (Å²) in [5.74, 6) is 0.546. The number of hydrogen-bond acceptors (Lipinski definition) is 4. The van der Waals surface area contributed by atoms with E-state index in [2.05, 4.69) is 9.97 Å². The van der Waals surface area contributed by atoms with Crippen LogP contribution in [0.1, 0.15) is 0 Å². The molecule has 0 amide bonds. The summed E-state index contributed by atoms with van der Waals surface area (Å²) in [7, 11) is 1.56. The number of ether oxygens (including phenoxy) is 1. The zero-order valence-corrected chi connectivity index (χ0v) is 9.40. The average molecular weight is 236 g/mol. The summed E-state index contributed by atoms with van der Waals surface area (Å²) in [5, 5.41) is 0.403. The van der Waals surface area contributed by atoms with Crippen molar-refractivity contribution >= 4 is 17.3 Å². The topological polar surface area (TPSA) is 61.0 Å². The van der Waals surface area contributed by atoms with Gasteiger partial charge in [-0.05, 0) is 18.2 Å². The van der Waals surface area contributed by atoms with Gasteiger partial charge >= 0.3 is 0 Å². The number of halogens is 1. The van der Waals surface area contributed by atoms with Crippen molar-refractivity contribution in [1.29, 1.82) is 0 Å². The van der Waals surface area contributed by atoms with Crippen LogP contribution in [0.25, 0.3) is 11.3 Å². The van der Waals surface area contributed by atoms with Gasteiger partial charge in [-0.25, -0.2) is 9.97 Å². The molecule has 2 heterocycles. The SMILES string of the molecule is COc1ccc(-c2nc(Cl)ccc2N)cn1. The highest BCUT2D eigenvalue weighted by atomic mass is 35.5. The van der Waals surface area contributed by atoms with Gasteiger partial charge in [0.15, 0.2) is 0 Å². The fourth-order valence-corrected chi connectivity index (χ4v) is 1.47. The Morgan fingerprint density at radius 3 is 2.69 bits per heavy atom. The molecule has 2 rings (SSSR count). The zero-order valence-electron chi connectivity index (χ0n) is 8.64. The second kappa shape index (κ2) is 4.37. The van der Waals surface area contributed by atoms with Gasteiger partial charge in [-0.1, -0.05) is 11.6 Å². The summed E-state index contributed by atoms with van der Waals surface area (Å²) >= 11 is 5.81. The van der Waals surface area contributed by atoms with E-state index in [1.54, 1.807) is 31.5 Å². The van der Waals surface area contributed by atoms with Crippen LogP contribution >= 0.6 is 11.6 Å². The molecule has 16 heavy (non-hydrogen) atoms. The van der Waals surface area contributed by atoms with Crippen molar-refractivity contribution in [3.63, 3.8) is 0 Å². The summed E-state index contributed by atoms with van der Waals surface area (Å²) in [6.45, 7) is 0. The van der Waals surface area contributed by atoms with Gasteiger partial charge in [0.1, 0.15) is 5.15 Å². The van der Waals surface area contributed by atoms with Gasteiger partial charge in [-0.2, -0.15) is 0 Å². The molecule has 0 aromatic carbocycles. The number of methoxy groups -OCH3 is 1. The highest BCUT2D eigenvalue weighted by Crippen LogP contribution is 2.25. The fourth-order valence-electron chi connectivity index (χ4n) is 1.32. The van der Waals surface area contributed by atoms with Crippen molar-refractivity contribution in [2.45, 2.75) is 0 Å². The Labute approximate surface area is 98.0 Å². The minimum atomic E-state index is 0.403. The molecule has 5 heteroatoms. The lowest BCUT2D eigenvalue weighted by molar-refractivity contribution is 0.398. The van der Waals surface area contributed by atoms with Crippen molar-refractivity contribution in [1.82, 2.24) is 9.97 Å². The third kappa shape index (κ3) is 2.06. The van der Waals surface area contributed by atoms with Crippen molar-refractivity contribution in [2.24, 2.45) is 0 Å². The molecule has 0 aliphatic heterocycles. The number of pyridine rings is 2. The predicted octanol–water partition coefficient (Wildman–Crippen LogP) is 2.39. The molecule has 0 atom stereocenters. The normalized spacial score (nSPS) is 10.1. The molecular formula is C11H10ClN3O. The van der Waals surface area contributed by atoms with Crippen LogP contribution in [0.4, 0.5) is 5.69 Å². The van der Waals surface area contributed by atoms with Crippen molar-refractivity contribution < 1.29 is 4.74 Å². The molecule has 0 aliphatic rings. The van der Waals surface area contributed by atoms with Crippen molar-refractivity contribution in [3.05, 3.63) is 35.6 Å². The Kier molecular flexibility index (Phi) is 2.92. The van der Waals surface area contributed by atoms with Gasteiger partial charge < -0.3 is 10.5 Å². The van der Waals surface area contributed by atoms with Crippen LogP contribution in [0.5, 0.6) is 5.88 Å². The van der Waals surface area contributed by atoms with E-state index >= 15 is 0 Å². The highest BCUT2D eigenvalue weighted by Gasteiger charge is 2.06. The Morgan fingerprint density at radius 1 is 1.25 bits per heavy atom. The first kappa shape index (κ1) is 10.7. The van der Waals surface area contributed by atoms with Crippen LogP contribution in [0.15, 0.2) is 30.5 Å². The van der Waals surface area contributed by atoms with E-state index < -0.39 is 0 Å². The fraction of sp³-hybridized carbons (Fsp3) is 0.0909. The van der Waals surface area contributed by atoms with E-state index in [9.17, 15) is 0 Å². The standard InChI is InChI=1S/C11H10ClN3O/c1-16-10-5-2-7(6-14-10)11-8(13)3-4-9(12)15-11/h2-6H,13H2,1H3. The van der Waals surface area contributed by atoms with E-state index in [1.807, 2.05) is 6.07 Å². The maximum Gasteiger partial charge on any atom is 0.212 e. The summed E-state index contributed by atoms with van der Waals surface area (Å²) in [5.41, 5.74) is 7.81. The van der Waals surface area contributed by atoms with E-state index in [0.29, 0.717) is 22.4 Å². The summed E-state index contributed by atoms with van der Waals surface area (Å²) in [6.07, 6.45) is 1.65. The van der Waals surface area contributed by atoms with Gasteiger partial charge in [-0.15, -0.1) is 0 Å². The lowest BCUT2D eigenvalue weighted by atomic mass is 10.1. The zero-order chi connectivity index (χ0) is 11.5. The van der Waals surface area contributed by atoms with Crippen LogP contribution < -0.4 is 10.5 Å². The maximum atomic E-state index is 5.81. The summed E-state index contributed by atoms with van der Waals surface area (Å²) < 4.78 is 4.97. The quantitative estimate of drug-likeness (QED) is 0.812. The van der Waals surface area contributed by atoms with Gasteiger partial charge in [0.2, 0.25) is 5.88 Å². The third-order valence-electron chi connectivity index (χ3n) is 2.11. The largest absolute Gasteiger partial charge is 0.481 e. The molecule has 4 nitrogen and oxygen atoms in total. The number of nitrogens with zero attached hydrogens (tertiary/aromatic N) is 2. The molecule has 0 unspecified atom stereocenters. The molecule has 0 saturated heterocycles. The van der Waals surface area contributed by atoms with Crippen LogP contribution in [-0.4, -0.2) is 17.1 Å².